The number of carboxylic acids is 1. The van der Waals surface area contributed by atoms with Crippen LogP contribution >= 0.6 is 0 Å². The molecule has 0 atom stereocenters. The second-order valence-corrected chi connectivity index (χ2v) is 4.53. The van der Waals surface area contributed by atoms with Gasteiger partial charge in [0.05, 0.1) is 22.3 Å². The van der Waals surface area contributed by atoms with Crippen molar-refractivity contribution >= 4 is 17.0 Å². The third kappa shape index (κ3) is 1.84. The molecule has 0 radical (unpaired) electrons. The number of aryl methyl sites for hydroxylation is 1. The SMILES string of the molecule is Cc1cccc(F)c1-n1cnc2ccc(C(=O)O)cc21. The molecule has 0 spiro atoms. The van der Waals surface area contributed by atoms with Crippen LogP contribution in [-0.2, 0) is 0 Å². The van der Waals surface area contributed by atoms with Gasteiger partial charge in [0.15, 0.2) is 0 Å². The molecule has 1 heterocycles. The Morgan fingerprint density at radius 1 is 1.30 bits per heavy atom. The van der Waals surface area contributed by atoms with Crippen LogP contribution in [0.15, 0.2) is 42.7 Å². The molecular formula is C15H11FN2O2. The van der Waals surface area contributed by atoms with Crippen molar-refractivity contribution in [2.45, 2.75) is 6.92 Å². The Morgan fingerprint density at radius 2 is 2.10 bits per heavy atom. The molecule has 0 amide bonds. The highest BCUT2D eigenvalue weighted by Crippen LogP contribution is 2.24. The zero-order valence-electron chi connectivity index (χ0n) is 10.7. The number of fused-ring (bicyclic) bond motifs is 1. The molecule has 2 aromatic carbocycles. The van der Waals surface area contributed by atoms with E-state index in [0.717, 1.165) is 5.56 Å². The topological polar surface area (TPSA) is 55.1 Å². The fourth-order valence-electron chi connectivity index (χ4n) is 2.25. The van der Waals surface area contributed by atoms with Gasteiger partial charge in [0.1, 0.15) is 12.1 Å². The van der Waals surface area contributed by atoms with Crippen LogP contribution in [0.1, 0.15) is 15.9 Å². The molecular weight excluding hydrogens is 259 g/mol. The second-order valence-electron chi connectivity index (χ2n) is 4.53. The summed E-state index contributed by atoms with van der Waals surface area (Å²) in [6.07, 6.45) is 1.50. The molecule has 0 saturated heterocycles. The van der Waals surface area contributed by atoms with E-state index in [1.165, 1.54) is 24.5 Å². The van der Waals surface area contributed by atoms with E-state index in [9.17, 15) is 9.18 Å². The van der Waals surface area contributed by atoms with Crippen molar-refractivity contribution in [2.75, 3.05) is 0 Å². The van der Waals surface area contributed by atoms with E-state index >= 15 is 0 Å². The number of halogens is 1. The van der Waals surface area contributed by atoms with Crippen molar-refractivity contribution in [3.8, 4) is 5.69 Å². The number of nitrogens with zero attached hydrogens (tertiary/aromatic N) is 2. The first-order valence-corrected chi connectivity index (χ1v) is 6.04. The number of aromatic carboxylic acids is 1. The number of hydrogen-bond acceptors (Lipinski definition) is 2. The van der Waals surface area contributed by atoms with Crippen molar-refractivity contribution in [1.82, 2.24) is 9.55 Å². The second kappa shape index (κ2) is 4.45. The molecule has 3 rings (SSSR count). The van der Waals surface area contributed by atoms with Crippen LogP contribution in [-0.4, -0.2) is 20.6 Å². The lowest BCUT2D eigenvalue weighted by Crippen LogP contribution is -2.01. The van der Waals surface area contributed by atoms with Crippen LogP contribution in [0.3, 0.4) is 0 Å². The Hall–Kier alpha value is -2.69. The Labute approximate surface area is 114 Å². The highest BCUT2D eigenvalue weighted by molar-refractivity contribution is 5.92. The maximum atomic E-state index is 14.0. The molecule has 3 aromatic rings. The van der Waals surface area contributed by atoms with Crippen LogP contribution < -0.4 is 0 Å². The van der Waals surface area contributed by atoms with Crippen molar-refractivity contribution in [1.29, 1.82) is 0 Å². The highest BCUT2D eigenvalue weighted by Gasteiger charge is 2.13. The molecule has 100 valence electrons. The van der Waals surface area contributed by atoms with Crippen molar-refractivity contribution in [3.05, 3.63) is 59.7 Å². The first kappa shape index (κ1) is 12.3. The number of benzene rings is 2. The Kier molecular flexibility index (Phi) is 2.75. The number of aromatic nitrogens is 2. The number of hydrogen-bond donors (Lipinski definition) is 1. The van der Waals surface area contributed by atoms with E-state index in [1.807, 2.05) is 0 Å². The molecule has 5 heteroatoms. The van der Waals surface area contributed by atoms with E-state index in [0.29, 0.717) is 16.7 Å². The van der Waals surface area contributed by atoms with Crippen LogP contribution in [0.5, 0.6) is 0 Å². The fourth-order valence-corrected chi connectivity index (χ4v) is 2.25. The first-order chi connectivity index (χ1) is 9.58. The van der Waals surface area contributed by atoms with E-state index in [4.69, 9.17) is 5.11 Å². The van der Waals surface area contributed by atoms with Gasteiger partial charge in [0, 0.05) is 0 Å². The summed E-state index contributed by atoms with van der Waals surface area (Å²) in [6, 6.07) is 9.40. The quantitative estimate of drug-likeness (QED) is 0.778. The zero-order chi connectivity index (χ0) is 14.3. The third-order valence-electron chi connectivity index (χ3n) is 3.22. The maximum Gasteiger partial charge on any atom is 0.335 e. The van der Waals surface area contributed by atoms with Gasteiger partial charge < -0.3 is 5.11 Å². The van der Waals surface area contributed by atoms with Gasteiger partial charge >= 0.3 is 5.97 Å². The summed E-state index contributed by atoms with van der Waals surface area (Å²) in [5, 5.41) is 9.05. The van der Waals surface area contributed by atoms with Crippen molar-refractivity contribution < 1.29 is 14.3 Å². The summed E-state index contributed by atoms with van der Waals surface area (Å²) in [6.45, 7) is 1.80. The largest absolute Gasteiger partial charge is 0.478 e. The minimum atomic E-state index is -1.02. The van der Waals surface area contributed by atoms with Crippen LogP contribution in [0, 0.1) is 12.7 Å². The molecule has 4 nitrogen and oxygen atoms in total. The van der Waals surface area contributed by atoms with Gasteiger partial charge in [-0.15, -0.1) is 0 Å². The number of imidazole rings is 1. The Bertz CT molecular complexity index is 804. The zero-order valence-corrected chi connectivity index (χ0v) is 10.7. The number of para-hydroxylation sites is 1. The lowest BCUT2D eigenvalue weighted by atomic mass is 10.1. The van der Waals surface area contributed by atoms with E-state index in [2.05, 4.69) is 4.98 Å². The lowest BCUT2D eigenvalue weighted by Gasteiger charge is -2.09. The number of rotatable bonds is 2. The van der Waals surface area contributed by atoms with Gasteiger partial charge in [0.25, 0.3) is 0 Å². The summed E-state index contributed by atoms with van der Waals surface area (Å²) in [4.78, 5) is 15.2. The van der Waals surface area contributed by atoms with Gasteiger partial charge in [-0.25, -0.2) is 14.2 Å². The predicted molar refractivity (Wildman–Crippen MR) is 72.7 cm³/mol. The van der Waals surface area contributed by atoms with Gasteiger partial charge in [-0.05, 0) is 36.8 Å². The van der Waals surface area contributed by atoms with Crippen molar-refractivity contribution in [2.24, 2.45) is 0 Å². The summed E-state index contributed by atoms with van der Waals surface area (Å²) in [5.74, 6) is -1.39. The van der Waals surface area contributed by atoms with Gasteiger partial charge in [-0.1, -0.05) is 12.1 Å². The average molecular weight is 270 g/mol. The number of carbonyl (C=O) groups is 1. The molecule has 0 aliphatic carbocycles. The van der Waals surface area contributed by atoms with E-state index in [-0.39, 0.29) is 11.4 Å². The molecule has 0 unspecified atom stereocenters. The minimum Gasteiger partial charge on any atom is -0.478 e. The fraction of sp³-hybridized carbons (Fsp3) is 0.0667. The summed E-state index contributed by atoms with van der Waals surface area (Å²) >= 11 is 0. The third-order valence-corrected chi connectivity index (χ3v) is 3.22. The highest BCUT2D eigenvalue weighted by atomic mass is 19.1. The molecule has 0 aliphatic heterocycles. The molecule has 20 heavy (non-hydrogen) atoms. The van der Waals surface area contributed by atoms with Crippen molar-refractivity contribution in [3.63, 3.8) is 0 Å². The average Bonchev–Trinajstić information content (AvgIpc) is 2.81. The molecule has 0 saturated carbocycles. The van der Waals surface area contributed by atoms with Gasteiger partial charge in [-0.3, -0.25) is 4.57 Å². The van der Waals surface area contributed by atoms with Gasteiger partial charge in [0.2, 0.25) is 0 Å². The first-order valence-electron chi connectivity index (χ1n) is 6.04. The smallest absolute Gasteiger partial charge is 0.335 e. The van der Waals surface area contributed by atoms with Crippen LogP contribution in [0.2, 0.25) is 0 Å². The Balaban J connectivity index is 2.31. The monoisotopic (exact) mass is 270 g/mol. The standard InChI is InChI=1S/C15H11FN2O2/c1-9-3-2-4-11(16)14(9)18-8-17-12-6-5-10(15(19)20)7-13(12)18/h2-8H,1H3,(H,19,20). The molecule has 0 fully saturated rings. The molecule has 1 aromatic heterocycles. The van der Waals surface area contributed by atoms with E-state index in [1.54, 1.807) is 29.7 Å². The van der Waals surface area contributed by atoms with E-state index < -0.39 is 5.97 Å². The molecule has 0 aliphatic rings. The summed E-state index contributed by atoms with van der Waals surface area (Å²) < 4.78 is 15.6. The van der Waals surface area contributed by atoms with Crippen LogP contribution in [0.4, 0.5) is 4.39 Å². The predicted octanol–water partition coefficient (Wildman–Crippen LogP) is 3.17. The summed E-state index contributed by atoms with van der Waals surface area (Å²) in [7, 11) is 0. The molecule has 0 bridgehead atoms. The molecule has 1 N–H and O–H groups in total. The maximum absolute atomic E-state index is 14.0. The normalized spacial score (nSPS) is 10.9. The van der Waals surface area contributed by atoms with Crippen LogP contribution in [0.25, 0.3) is 16.7 Å². The minimum absolute atomic E-state index is 0.147. The lowest BCUT2D eigenvalue weighted by molar-refractivity contribution is 0.0697. The number of carboxylic acid groups (broad SMARTS) is 1. The Morgan fingerprint density at radius 3 is 2.80 bits per heavy atom. The van der Waals surface area contributed by atoms with Gasteiger partial charge in [-0.2, -0.15) is 0 Å². The summed E-state index contributed by atoms with van der Waals surface area (Å²) in [5.41, 5.74) is 2.48.